The molecule has 21 heavy (non-hydrogen) atoms. The molecule has 1 aliphatic rings. The van der Waals surface area contributed by atoms with E-state index in [0.29, 0.717) is 26.2 Å². The number of halogens is 6. The lowest BCUT2D eigenvalue weighted by atomic mass is 10.0. The topological polar surface area (TPSA) is 15.3 Å². The van der Waals surface area contributed by atoms with Crippen LogP contribution < -0.4 is 5.32 Å². The molecule has 0 radical (unpaired) electrons. The van der Waals surface area contributed by atoms with Crippen LogP contribution in [0.15, 0.2) is 22.7 Å². The van der Waals surface area contributed by atoms with Gasteiger partial charge in [0.1, 0.15) is 0 Å². The Hall–Kier alpha value is -0.730. The van der Waals surface area contributed by atoms with Crippen LogP contribution in [0.1, 0.15) is 17.2 Å². The van der Waals surface area contributed by atoms with Gasteiger partial charge < -0.3 is 5.32 Å². The lowest BCUT2D eigenvalue weighted by Gasteiger charge is -2.35. The Morgan fingerprint density at radius 1 is 1.10 bits per heavy atom. The number of nitrogens with one attached hydrogen (secondary N) is 1. The van der Waals surface area contributed by atoms with Crippen molar-refractivity contribution < 1.29 is 22.0 Å². The zero-order valence-corrected chi connectivity index (χ0v) is 12.5. The summed E-state index contributed by atoms with van der Waals surface area (Å²) in [5.74, 6) is 0. The fourth-order valence-corrected chi connectivity index (χ4v) is 2.93. The van der Waals surface area contributed by atoms with Crippen molar-refractivity contribution in [3.63, 3.8) is 0 Å². The van der Waals surface area contributed by atoms with Gasteiger partial charge in [-0.25, -0.2) is 8.78 Å². The molecular weight excluding hydrogens is 359 g/mol. The Morgan fingerprint density at radius 3 is 2.24 bits per heavy atom. The first kappa shape index (κ1) is 16.6. The molecule has 0 amide bonds. The van der Waals surface area contributed by atoms with Crippen molar-refractivity contribution in [2.45, 2.75) is 18.6 Å². The van der Waals surface area contributed by atoms with Gasteiger partial charge in [0.15, 0.2) is 0 Å². The second kappa shape index (κ2) is 6.58. The maximum absolute atomic E-state index is 13.4. The standard InChI is InChI=1S/C13H14BrF5N2/c14-10-6-8(5-9(7-10)13(17,18)19)11(12(15)16)21-3-1-20-2-4-21/h5-7,11-12,20H,1-4H2/t11-/m0/s1. The number of nitrogens with zero attached hydrogens (tertiary/aromatic N) is 1. The summed E-state index contributed by atoms with van der Waals surface area (Å²) in [6, 6.07) is 1.70. The van der Waals surface area contributed by atoms with Crippen LogP contribution in [-0.2, 0) is 6.18 Å². The summed E-state index contributed by atoms with van der Waals surface area (Å²) in [6.07, 6.45) is -7.31. The normalized spacial score (nSPS) is 19.0. The Labute approximate surface area is 127 Å². The van der Waals surface area contributed by atoms with Crippen LogP contribution in [0.5, 0.6) is 0 Å². The van der Waals surface area contributed by atoms with Crippen LogP contribution in [0, 0.1) is 0 Å². The minimum Gasteiger partial charge on any atom is -0.314 e. The summed E-state index contributed by atoms with van der Waals surface area (Å²) in [5, 5.41) is 3.03. The zero-order chi connectivity index (χ0) is 15.6. The van der Waals surface area contributed by atoms with Gasteiger partial charge in [0, 0.05) is 30.7 Å². The van der Waals surface area contributed by atoms with Gasteiger partial charge in [-0.2, -0.15) is 13.2 Å². The predicted octanol–water partition coefficient (Wildman–Crippen LogP) is 3.68. The molecular formula is C13H14BrF5N2. The summed E-state index contributed by atoms with van der Waals surface area (Å²) in [4.78, 5) is 1.52. The zero-order valence-electron chi connectivity index (χ0n) is 10.9. The predicted molar refractivity (Wildman–Crippen MR) is 72.3 cm³/mol. The van der Waals surface area contributed by atoms with E-state index in [1.807, 2.05) is 0 Å². The summed E-state index contributed by atoms with van der Waals surface area (Å²) in [5.41, 5.74) is -0.943. The molecule has 1 aromatic carbocycles. The molecule has 2 rings (SSSR count). The molecule has 0 aromatic heterocycles. The molecule has 0 aliphatic carbocycles. The highest BCUT2D eigenvalue weighted by Crippen LogP contribution is 2.36. The van der Waals surface area contributed by atoms with Crippen LogP contribution in [0.25, 0.3) is 0 Å². The van der Waals surface area contributed by atoms with Gasteiger partial charge in [0.05, 0.1) is 11.6 Å². The van der Waals surface area contributed by atoms with Gasteiger partial charge in [-0.3, -0.25) is 4.90 Å². The number of hydrogen-bond acceptors (Lipinski definition) is 2. The first-order valence-corrected chi connectivity index (χ1v) is 7.19. The van der Waals surface area contributed by atoms with Crippen molar-refractivity contribution in [2.24, 2.45) is 0 Å². The fraction of sp³-hybridized carbons (Fsp3) is 0.538. The lowest BCUT2D eigenvalue weighted by molar-refractivity contribution is -0.137. The number of piperazine rings is 1. The molecule has 2 nitrogen and oxygen atoms in total. The number of alkyl halides is 5. The summed E-state index contributed by atoms with van der Waals surface area (Å²) in [6.45, 7) is 1.85. The van der Waals surface area contributed by atoms with E-state index >= 15 is 0 Å². The van der Waals surface area contributed by atoms with E-state index in [1.165, 1.54) is 11.0 Å². The quantitative estimate of drug-likeness (QED) is 0.814. The van der Waals surface area contributed by atoms with Crippen molar-refractivity contribution in [1.82, 2.24) is 10.2 Å². The van der Waals surface area contributed by atoms with Gasteiger partial charge in [0.25, 0.3) is 6.43 Å². The molecule has 1 heterocycles. The molecule has 118 valence electrons. The average molecular weight is 373 g/mol. The molecule has 1 N–H and O–H groups in total. The van der Waals surface area contributed by atoms with Crippen LogP contribution in [-0.4, -0.2) is 37.5 Å². The second-order valence-corrected chi connectivity index (χ2v) is 5.75. The van der Waals surface area contributed by atoms with Crippen molar-refractivity contribution in [1.29, 1.82) is 0 Å². The maximum Gasteiger partial charge on any atom is 0.416 e. The van der Waals surface area contributed by atoms with Crippen LogP contribution >= 0.6 is 15.9 Å². The Morgan fingerprint density at radius 2 is 1.71 bits per heavy atom. The Bertz CT molecular complexity index is 486. The molecule has 0 unspecified atom stereocenters. The van der Waals surface area contributed by atoms with E-state index in [9.17, 15) is 22.0 Å². The number of rotatable bonds is 3. The van der Waals surface area contributed by atoms with Gasteiger partial charge >= 0.3 is 6.18 Å². The van der Waals surface area contributed by atoms with E-state index in [2.05, 4.69) is 21.2 Å². The first-order chi connectivity index (χ1) is 9.79. The van der Waals surface area contributed by atoms with E-state index < -0.39 is 24.2 Å². The highest BCUT2D eigenvalue weighted by atomic mass is 79.9. The second-order valence-electron chi connectivity index (χ2n) is 4.84. The molecule has 1 aliphatic heterocycles. The van der Waals surface area contributed by atoms with Crippen molar-refractivity contribution in [3.8, 4) is 0 Å². The van der Waals surface area contributed by atoms with Crippen LogP contribution in [0.2, 0.25) is 0 Å². The Kier molecular flexibility index (Phi) is 5.21. The van der Waals surface area contributed by atoms with Gasteiger partial charge in [-0.15, -0.1) is 0 Å². The lowest BCUT2D eigenvalue weighted by Crippen LogP contribution is -2.47. The minimum atomic E-state index is -4.56. The maximum atomic E-state index is 13.4. The third-order valence-corrected chi connectivity index (χ3v) is 3.83. The van der Waals surface area contributed by atoms with E-state index in [-0.39, 0.29) is 10.0 Å². The smallest absolute Gasteiger partial charge is 0.314 e. The monoisotopic (exact) mass is 372 g/mol. The van der Waals surface area contributed by atoms with Crippen molar-refractivity contribution in [3.05, 3.63) is 33.8 Å². The van der Waals surface area contributed by atoms with Crippen LogP contribution in [0.4, 0.5) is 22.0 Å². The molecule has 1 aromatic rings. The van der Waals surface area contributed by atoms with E-state index in [4.69, 9.17) is 0 Å². The third kappa shape index (κ3) is 4.14. The van der Waals surface area contributed by atoms with Gasteiger partial charge in [-0.05, 0) is 23.8 Å². The molecule has 0 saturated carbocycles. The number of benzene rings is 1. The Balaban J connectivity index is 2.38. The van der Waals surface area contributed by atoms with Crippen molar-refractivity contribution in [2.75, 3.05) is 26.2 Å². The minimum absolute atomic E-state index is 0.0198. The van der Waals surface area contributed by atoms with E-state index in [0.717, 1.165) is 12.1 Å². The SMILES string of the molecule is FC(F)[C@H](c1cc(Br)cc(C(F)(F)F)c1)N1CCNCC1. The highest BCUT2D eigenvalue weighted by Gasteiger charge is 2.35. The van der Waals surface area contributed by atoms with Gasteiger partial charge in [0.2, 0.25) is 0 Å². The van der Waals surface area contributed by atoms with Crippen LogP contribution in [0.3, 0.4) is 0 Å². The summed E-state index contributed by atoms with van der Waals surface area (Å²) >= 11 is 2.97. The summed E-state index contributed by atoms with van der Waals surface area (Å²) in [7, 11) is 0. The highest BCUT2D eigenvalue weighted by molar-refractivity contribution is 9.10. The average Bonchev–Trinajstić information content (AvgIpc) is 2.38. The third-order valence-electron chi connectivity index (χ3n) is 3.37. The van der Waals surface area contributed by atoms with E-state index in [1.54, 1.807) is 0 Å². The van der Waals surface area contributed by atoms with Crippen molar-refractivity contribution >= 4 is 15.9 Å². The largest absolute Gasteiger partial charge is 0.416 e. The molecule has 1 fully saturated rings. The van der Waals surface area contributed by atoms with Gasteiger partial charge in [-0.1, -0.05) is 15.9 Å². The molecule has 1 saturated heterocycles. The molecule has 8 heteroatoms. The molecule has 1 atom stereocenters. The fourth-order valence-electron chi connectivity index (χ4n) is 2.42. The molecule has 0 bridgehead atoms. The number of hydrogen-bond donors (Lipinski definition) is 1. The molecule has 0 spiro atoms. The summed E-state index contributed by atoms with van der Waals surface area (Å²) < 4.78 is 65.4. The first-order valence-electron chi connectivity index (χ1n) is 6.39.